The van der Waals surface area contributed by atoms with Crippen LogP contribution in [0.1, 0.15) is 39.1 Å². The largest absolute Gasteiger partial charge is 0.381 e. The molecule has 30 heavy (non-hydrogen) atoms. The molecular weight excluding hydrogens is 388 g/mol. The van der Waals surface area contributed by atoms with Crippen molar-refractivity contribution in [2.24, 2.45) is 11.8 Å². The lowest BCUT2D eigenvalue weighted by molar-refractivity contribution is -0.136. The third-order valence-corrected chi connectivity index (χ3v) is 6.54. The van der Waals surface area contributed by atoms with E-state index in [0.717, 1.165) is 36.8 Å². The van der Waals surface area contributed by atoms with Crippen LogP contribution in [0.3, 0.4) is 0 Å². The molecule has 3 N–H and O–H groups in total. The molecular formula is C21H24N4O5. The van der Waals surface area contributed by atoms with E-state index < -0.39 is 23.8 Å². The molecule has 5 rings (SSSR count). The molecule has 0 aromatic heterocycles. The maximum Gasteiger partial charge on any atom is 0.262 e. The first-order chi connectivity index (χ1) is 14.5. The Morgan fingerprint density at radius 2 is 1.77 bits per heavy atom. The van der Waals surface area contributed by atoms with Crippen LogP contribution in [0.25, 0.3) is 0 Å². The van der Waals surface area contributed by atoms with E-state index in [1.807, 2.05) is 6.07 Å². The Morgan fingerprint density at radius 1 is 1.03 bits per heavy atom. The number of hydrogen-bond acceptors (Lipinski definition) is 7. The second kappa shape index (κ2) is 7.57. The van der Waals surface area contributed by atoms with Gasteiger partial charge in [0.05, 0.1) is 24.3 Å². The number of piperidine rings is 2. The average Bonchev–Trinajstić information content (AvgIpc) is 2.96. The number of nitrogens with zero attached hydrogens (tertiary/aromatic N) is 1. The van der Waals surface area contributed by atoms with Gasteiger partial charge in [-0.05, 0) is 24.1 Å². The van der Waals surface area contributed by atoms with Crippen molar-refractivity contribution in [3.8, 4) is 0 Å². The minimum atomic E-state index is -0.939. The van der Waals surface area contributed by atoms with Crippen LogP contribution < -0.4 is 16.0 Å². The van der Waals surface area contributed by atoms with E-state index in [0.29, 0.717) is 35.5 Å². The fraction of sp³-hybridized carbons (Fsp3) is 0.524. The summed E-state index contributed by atoms with van der Waals surface area (Å²) in [6.07, 6.45) is 0.270. The molecule has 3 unspecified atom stereocenters. The van der Waals surface area contributed by atoms with Gasteiger partial charge in [-0.25, -0.2) is 0 Å². The van der Waals surface area contributed by atoms with Crippen molar-refractivity contribution < 1.29 is 23.9 Å². The fourth-order valence-corrected chi connectivity index (χ4v) is 4.99. The summed E-state index contributed by atoms with van der Waals surface area (Å²) in [5.74, 6) is -1.10. The first-order valence-corrected chi connectivity index (χ1v) is 10.4. The van der Waals surface area contributed by atoms with Gasteiger partial charge in [-0.1, -0.05) is 6.07 Å². The number of carbonyl (C=O) groups is 4. The Balaban J connectivity index is 1.31. The Kier molecular flexibility index (Phi) is 4.88. The van der Waals surface area contributed by atoms with Crippen molar-refractivity contribution in [1.82, 2.24) is 20.9 Å². The highest BCUT2D eigenvalue weighted by molar-refractivity contribution is 6.23. The van der Waals surface area contributed by atoms with Crippen molar-refractivity contribution in [3.63, 3.8) is 0 Å². The van der Waals surface area contributed by atoms with Crippen LogP contribution in [-0.2, 0) is 20.9 Å². The topological polar surface area (TPSA) is 117 Å². The van der Waals surface area contributed by atoms with E-state index in [-0.39, 0.29) is 18.7 Å². The van der Waals surface area contributed by atoms with E-state index in [4.69, 9.17) is 4.74 Å². The molecule has 0 spiro atoms. The van der Waals surface area contributed by atoms with E-state index in [9.17, 15) is 19.2 Å². The molecule has 4 aliphatic heterocycles. The first kappa shape index (κ1) is 19.3. The Labute approximate surface area is 173 Å². The normalized spacial score (nSPS) is 31.0. The molecule has 0 aliphatic carbocycles. The first-order valence-electron chi connectivity index (χ1n) is 10.4. The molecule has 158 valence electrons. The van der Waals surface area contributed by atoms with E-state index in [1.54, 1.807) is 12.1 Å². The van der Waals surface area contributed by atoms with Gasteiger partial charge in [0, 0.05) is 43.9 Å². The van der Waals surface area contributed by atoms with Gasteiger partial charge in [0.2, 0.25) is 11.8 Å². The summed E-state index contributed by atoms with van der Waals surface area (Å²) in [6, 6.07) is 4.65. The minimum absolute atomic E-state index is 0.112. The maximum atomic E-state index is 12.9. The Morgan fingerprint density at radius 3 is 2.50 bits per heavy atom. The highest BCUT2D eigenvalue weighted by Crippen LogP contribution is 2.29. The summed E-state index contributed by atoms with van der Waals surface area (Å²) >= 11 is 0. The van der Waals surface area contributed by atoms with Crippen LogP contribution in [0.5, 0.6) is 0 Å². The highest BCUT2D eigenvalue weighted by Gasteiger charge is 2.44. The van der Waals surface area contributed by atoms with Crippen LogP contribution in [0.4, 0.5) is 0 Å². The number of amides is 4. The molecule has 0 radical (unpaired) electrons. The average molecular weight is 412 g/mol. The van der Waals surface area contributed by atoms with Crippen molar-refractivity contribution in [2.75, 3.05) is 26.3 Å². The van der Waals surface area contributed by atoms with Crippen LogP contribution in [0.2, 0.25) is 0 Å². The number of fused-ring (bicyclic) bond motifs is 3. The molecule has 3 atom stereocenters. The number of nitrogens with one attached hydrogen (secondary N) is 3. The van der Waals surface area contributed by atoms with Gasteiger partial charge in [-0.3, -0.25) is 29.4 Å². The second-order valence-corrected chi connectivity index (χ2v) is 8.45. The van der Waals surface area contributed by atoms with Gasteiger partial charge in [0.15, 0.2) is 0 Å². The van der Waals surface area contributed by atoms with E-state index in [1.165, 1.54) is 0 Å². The molecule has 4 heterocycles. The molecule has 3 saturated heterocycles. The molecule has 2 bridgehead atoms. The quantitative estimate of drug-likeness (QED) is 0.566. The molecule has 4 amide bonds. The molecule has 4 aliphatic rings. The van der Waals surface area contributed by atoms with Crippen LogP contribution in [-0.4, -0.2) is 66.9 Å². The predicted octanol–water partition coefficient (Wildman–Crippen LogP) is -0.588. The van der Waals surface area contributed by atoms with Crippen LogP contribution in [0.15, 0.2) is 18.2 Å². The number of hydrogen-bond donors (Lipinski definition) is 3. The van der Waals surface area contributed by atoms with Gasteiger partial charge in [0.25, 0.3) is 11.8 Å². The zero-order valence-corrected chi connectivity index (χ0v) is 16.5. The summed E-state index contributed by atoms with van der Waals surface area (Å²) in [5, 5.41) is 9.26. The molecule has 1 aromatic carbocycles. The van der Waals surface area contributed by atoms with Crippen molar-refractivity contribution in [1.29, 1.82) is 0 Å². The molecule has 9 heteroatoms. The fourth-order valence-electron chi connectivity index (χ4n) is 4.99. The lowest BCUT2D eigenvalue weighted by Crippen LogP contribution is -2.59. The van der Waals surface area contributed by atoms with Crippen LogP contribution >= 0.6 is 0 Å². The van der Waals surface area contributed by atoms with E-state index >= 15 is 0 Å². The smallest absolute Gasteiger partial charge is 0.262 e. The van der Waals surface area contributed by atoms with Gasteiger partial charge in [-0.2, -0.15) is 0 Å². The summed E-state index contributed by atoms with van der Waals surface area (Å²) < 4.78 is 5.67. The predicted molar refractivity (Wildman–Crippen MR) is 104 cm³/mol. The van der Waals surface area contributed by atoms with Gasteiger partial charge >= 0.3 is 0 Å². The third kappa shape index (κ3) is 3.23. The van der Waals surface area contributed by atoms with Gasteiger partial charge < -0.3 is 15.4 Å². The number of imide groups is 2. The highest BCUT2D eigenvalue weighted by atomic mass is 16.5. The summed E-state index contributed by atoms with van der Waals surface area (Å²) in [6.45, 7) is 3.90. The van der Waals surface area contributed by atoms with Gasteiger partial charge in [-0.15, -0.1) is 0 Å². The number of benzene rings is 1. The maximum absolute atomic E-state index is 12.9. The van der Waals surface area contributed by atoms with Crippen molar-refractivity contribution in [2.45, 2.75) is 31.5 Å². The molecule has 1 aromatic rings. The number of ether oxygens (including phenoxy) is 1. The lowest BCUT2D eigenvalue weighted by Gasteiger charge is -2.43. The van der Waals surface area contributed by atoms with Crippen molar-refractivity contribution in [3.05, 3.63) is 34.9 Å². The van der Waals surface area contributed by atoms with Gasteiger partial charge in [0.1, 0.15) is 6.04 Å². The lowest BCUT2D eigenvalue weighted by atomic mass is 9.83. The summed E-state index contributed by atoms with van der Waals surface area (Å²) in [4.78, 5) is 50.3. The molecule has 0 saturated carbocycles. The summed E-state index contributed by atoms with van der Waals surface area (Å²) in [5.41, 5.74) is 1.54. The van der Waals surface area contributed by atoms with Crippen LogP contribution in [0, 0.1) is 11.8 Å². The third-order valence-electron chi connectivity index (χ3n) is 6.54. The van der Waals surface area contributed by atoms with E-state index in [2.05, 4.69) is 16.0 Å². The molecule has 9 nitrogen and oxygen atoms in total. The zero-order valence-electron chi connectivity index (χ0n) is 16.5. The van der Waals surface area contributed by atoms with Crippen molar-refractivity contribution >= 4 is 23.6 Å². The number of rotatable bonds is 4. The molecule has 3 fully saturated rings. The second-order valence-electron chi connectivity index (χ2n) is 8.45. The number of carbonyl (C=O) groups excluding carboxylic acids is 4. The SMILES string of the molecule is O=C1CCC(N2C(=O)c3ccc(CNC4C5CNCC4COC5)cc3C2=O)C(=O)N1. The zero-order chi connectivity index (χ0) is 20.8. The summed E-state index contributed by atoms with van der Waals surface area (Å²) in [7, 11) is 0. The standard InChI is InChI=1S/C21H24N4O5/c26-17-4-3-16(19(27)24-17)25-20(28)14-2-1-11(5-15(14)21(25)29)6-23-18-12-7-22-8-13(18)10-30-9-12/h1-2,5,12-13,16,18,22-23H,3-4,6-10H2,(H,24,26,27). The minimum Gasteiger partial charge on any atom is -0.381 e. The monoisotopic (exact) mass is 412 g/mol. The Bertz CT molecular complexity index is 910. The Hall–Kier alpha value is -2.62.